The van der Waals surface area contributed by atoms with Gasteiger partial charge in [-0.1, -0.05) is 26.7 Å². The van der Waals surface area contributed by atoms with Crippen LogP contribution in [0.3, 0.4) is 0 Å². The fraction of sp³-hybridized carbons (Fsp3) is 1.00. The first kappa shape index (κ1) is 14.2. The maximum absolute atomic E-state index is 6.34. The molecule has 2 nitrogen and oxygen atoms in total. The maximum Gasteiger partial charge on any atom is 0.337 e. The molecule has 2 unspecified atom stereocenters. The second-order valence-electron chi connectivity index (χ2n) is 5.47. The van der Waals surface area contributed by atoms with Gasteiger partial charge in [-0.05, 0) is 44.7 Å². The van der Waals surface area contributed by atoms with Gasteiger partial charge in [-0.25, -0.2) is 0 Å². The van der Waals surface area contributed by atoms with E-state index in [1.54, 1.807) is 0 Å². The molecule has 0 N–H and O–H groups in total. The van der Waals surface area contributed by atoms with Gasteiger partial charge in [0.05, 0.1) is 0 Å². The molecule has 0 aliphatic heterocycles. The molecule has 0 aromatic heterocycles. The highest BCUT2D eigenvalue weighted by molar-refractivity contribution is 6.67. The Labute approximate surface area is 102 Å². The summed E-state index contributed by atoms with van der Waals surface area (Å²) in [4.78, 5) is 0. The van der Waals surface area contributed by atoms with Crippen molar-refractivity contribution in [3.63, 3.8) is 0 Å². The van der Waals surface area contributed by atoms with Crippen molar-refractivity contribution in [2.75, 3.05) is 6.61 Å². The van der Waals surface area contributed by atoms with E-state index in [9.17, 15) is 0 Å². The highest BCUT2D eigenvalue weighted by Crippen LogP contribution is 2.33. The molecule has 1 aliphatic carbocycles. The van der Waals surface area contributed by atoms with Crippen LogP contribution >= 0.6 is 0 Å². The number of hydrogen-bond donors (Lipinski definition) is 0. The van der Waals surface area contributed by atoms with E-state index in [0.29, 0.717) is 11.6 Å². The molecule has 1 fully saturated rings. The monoisotopic (exact) mass is 244 g/mol. The Morgan fingerprint density at radius 2 is 1.75 bits per heavy atom. The van der Waals surface area contributed by atoms with Gasteiger partial charge in [-0.3, -0.25) is 0 Å². The third-order valence-corrected chi connectivity index (χ3v) is 7.76. The molecular formula is C13H28O2Si. The third kappa shape index (κ3) is 3.57. The number of hydrogen-bond acceptors (Lipinski definition) is 2. The Kier molecular flexibility index (Phi) is 5.48. The average molecular weight is 244 g/mol. The summed E-state index contributed by atoms with van der Waals surface area (Å²) in [6, 6.07) is 0. The largest absolute Gasteiger partial charge is 0.394 e. The van der Waals surface area contributed by atoms with Crippen LogP contribution in [0.4, 0.5) is 0 Å². The van der Waals surface area contributed by atoms with Crippen molar-refractivity contribution >= 4 is 8.56 Å². The van der Waals surface area contributed by atoms with Crippen molar-refractivity contribution in [3.8, 4) is 0 Å². The summed E-state index contributed by atoms with van der Waals surface area (Å²) in [7, 11) is -1.96. The van der Waals surface area contributed by atoms with Gasteiger partial charge in [0.15, 0.2) is 0 Å². The number of rotatable bonds is 6. The second kappa shape index (κ2) is 6.17. The van der Waals surface area contributed by atoms with Crippen LogP contribution in [0, 0.1) is 5.92 Å². The van der Waals surface area contributed by atoms with Crippen molar-refractivity contribution in [1.29, 1.82) is 0 Å². The molecular weight excluding hydrogens is 216 g/mol. The molecule has 0 heterocycles. The predicted molar refractivity (Wildman–Crippen MR) is 70.8 cm³/mol. The Morgan fingerprint density at radius 1 is 1.19 bits per heavy atom. The molecule has 0 saturated heterocycles. The molecule has 1 saturated carbocycles. The van der Waals surface area contributed by atoms with E-state index in [4.69, 9.17) is 8.85 Å². The summed E-state index contributed by atoms with van der Waals surface area (Å²) in [6.45, 7) is 11.7. The van der Waals surface area contributed by atoms with E-state index in [-0.39, 0.29) is 0 Å². The lowest BCUT2D eigenvalue weighted by Gasteiger charge is -2.35. The second-order valence-corrected chi connectivity index (χ2v) is 9.18. The average Bonchev–Trinajstić information content (AvgIpc) is 2.70. The predicted octanol–water partition coefficient (Wildman–Crippen LogP) is 4.10. The van der Waals surface area contributed by atoms with E-state index < -0.39 is 8.56 Å². The van der Waals surface area contributed by atoms with Gasteiger partial charge < -0.3 is 8.85 Å². The third-order valence-electron chi connectivity index (χ3n) is 3.96. The summed E-state index contributed by atoms with van der Waals surface area (Å²) in [5.74, 6) is 0.769. The molecule has 96 valence electrons. The van der Waals surface area contributed by atoms with Gasteiger partial charge in [0.2, 0.25) is 0 Å². The van der Waals surface area contributed by atoms with Crippen LogP contribution in [0.1, 0.15) is 53.4 Å². The van der Waals surface area contributed by atoms with Crippen molar-refractivity contribution in [2.45, 2.75) is 71.6 Å². The minimum atomic E-state index is -1.96. The molecule has 0 spiro atoms. The van der Waals surface area contributed by atoms with Crippen LogP contribution in [0.2, 0.25) is 12.1 Å². The zero-order valence-corrected chi connectivity index (χ0v) is 12.6. The van der Waals surface area contributed by atoms with Crippen molar-refractivity contribution < 1.29 is 8.85 Å². The Bertz CT molecular complexity index is 202. The quantitative estimate of drug-likeness (QED) is 0.655. The topological polar surface area (TPSA) is 18.5 Å². The first-order chi connectivity index (χ1) is 7.49. The lowest BCUT2D eigenvalue weighted by Crippen LogP contribution is -2.45. The molecule has 2 atom stereocenters. The summed E-state index contributed by atoms with van der Waals surface area (Å²) in [5, 5.41) is 0. The van der Waals surface area contributed by atoms with Crippen LogP contribution in [-0.4, -0.2) is 21.3 Å². The molecule has 0 amide bonds. The van der Waals surface area contributed by atoms with E-state index in [1.165, 1.54) is 25.7 Å². The molecule has 0 bridgehead atoms. The fourth-order valence-corrected chi connectivity index (χ4v) is 4.69. The SMILES string of the molecule is CCO[Si](C)(OC(C)C1CCCC1)C(C)C. The zero-order chi connectivity index (χ0) is 12.2. The molecule has 16 heavy (non-hydrogen) atoms. The molecule has 0 radical (unpaired) electrons. The lowest BCUT2D eigenvalue weighted by molar-refractivity contribution is 0.0867. The van der Waals surface area contributed by atoms with Crippen LogP contribution in [0.25, 0.3) is 0 Å². The summed E-state index contributed by atoms with van der Waals surface area (Å²) < 4.78 is 12.3. The van der Waals surface area contributed by atoms with Crippen LogP contribution in [0.15, 0.2) is 0 Å². The van der Waals surface area contributed by atoms with Gasteiger partial charge >= 0.3 is 8.56 Å². The molecule has 0 aromatic rings. The fourth-order valence-electron chi connectivity index (χ4n) is 2.52. The van der Waals surface area contributed by atoms with Crippen molar-refractivity contribution in [2.24, 2.45) is 5.92 Å². The highest BCUT2D eigenvalue weighted by Gasteiger charge is 2.38. The Hall–Kier alpha value is 0.137. The van der Waals surface area contributed by atoms with Crippen LogP contribution in [-0.2, 0) is 8.85 Å². The van der Waals surface area contributed by atoms with Gasteiger partial charge in [-0.15, -0.1) is 0 Å². The van der Waals surface area contributed by atoms with Crippen molar-refractivity contribution in [1.82, 2.24) is 0 Å². The Morgan fingerprint density at radius 3 is 2.19 bits per heavy atom. The van der Waals surface area contributed by atoms with E-state index in [0.717, 1.165) is 12.5 Å². The smallest absolute Gasteiger partial charge is 0.337 e. The first-order valence-corrected chi connectivity index (χ1v) is 9.20. The van der Waals surface area contributed by atoms with Crippen LogP contribution < -0.4 is 0 Å². The molecule has 0 aromatic carbocycles. The summed E-state index contributed by atoms with van der Waals surface area (Å²) in [5.41, 5.74) is 0.524. The normalized spacial score (nSPS) is 23.6. The molecule has 1 aliphatic rings. The molecule has 3 heteroatoms. The minimum absolute atomic E-state index is 0.383. The van der Waals surface area contributed by atoms with Gasteiger partial charge in [0.1, 0.15) is 0 Å². The standard InChI is InChI=1S/C13H28O2Si/c1-6-14-16(5,11(2)3)15-12(4)13-9-7-8-10-13/h11-13H,6-10H2,1-5H3. The summed E-state index contributed by atoms with van der Waals surface area (Å²) >= 11 is 0. The summed E-state index contributed by atoms with van der Waals surface area (Å²) in [6.07, 6.45) is 5.83. The molecule has 1 rings (SSSR count). The minimum Gasteiger partial charge on any atom is -0.394 e. The van der Waals surface area contributed by atoms with Crippen molar-refractivity contribution in [3.05, 3.63) is 0 Å². The first-order valence-electron chi connectivity index (χ1n) is 6.81. The zero-order valence-electron chi connectivity index (χ0n) is 11.6. The van der Waals surface area contributed by atoms with E-state index in [2.05, 4.69) is 34.2 Å². The van der Waals surface area contributed by atoms with Crippen LogP contribution in [0.5, 0.6) is 0 Å². The maximum atomic E-state index is 6.34. The van der Waals surface area contributed by atoms with E-state index in [1.807, 2.05) is 0 Å². The highest BCUT2D eigenvalue weighted by atomic mass is 28.4. The van der Waals surface area contributed by atoms with Gasteiger partial charge in [0, 0.05) is 12.7 Å². The van der Waals surface area contributed by atoms with Gasteiger partial charge in [-0.2, -0.15) is 0 Å². The van der Waals surface area contributed by atoms with Gasteiger partial charge in [0.25, 0.3) is 0 Å². The van der Waals surface area contributed by atoms with E-state index >= 15 is 0 Å². The Balaban J connectivity index is 2.53. The lowest BCUT2D eigenvalue weighted by atomic mass is 10.0.